The van der Waals surface area contributed by atoms with Gasteiger partial charge in [0.25, 0.3) is 0 Å². The standard InChI is InChI=1S/C13H21.C5H5.2ClH.Zr/c1-5-10-9-11(6-2)13(8-4)12(10)7-3;1-2-4-5-3-1;;;/h9H,5-8H2,1-4H3;1-5H;2*1H;/q2*-1;;;+4/p-2. The van der Waals surface area contributed by atoms with E-state index >= 15 is 0 Å². The predicted octanol–water partition coefficient (Wildman–Crippen LogP) is -0.934. The number of rotatable bonds is 4. The fourth-order valence-electron chi connectivity index (χ4n) is 2.60. The first-order valence-electron chi connectivity index (χ1n) is 7.24. The molecular formula is C18H26Cl2Zr. The van der Waals surface area contributed by atoms with Crippen molar-refractivity contribution in [3.63, 3.8) is 0 Å². The Labute approximate surface area is 162 Å². The Kier molecular flexibility index (Phi) is 18.7. The molecule has 0 heterocycles. The first-order valence-corrected chi connectivity index (χ1v) is 7.24. The van der Waals surface area contributed by atoms with E-state index in [9.17, 15) is 0 Å². The van der Waals surface area contributed by atoms with E-state index in [1.807, 2.05) is 30.3 Å². The minimum Gasteiger partial charge on any atom is -1.00 e. The van der Waals surface area contributed by atoms with Gasteiger partial charge in [-0.15, -0.1) is 0 Å². The third-order valence-corrected chi connectivity index (χ3v) is 3.51. The maximum atomic E-state index is 2.41. The molecule has 0 aliphatic rings. The molecular weight excluding hydrogens is 378 g/mol. The Bertz CT molecular complexity index is 387. The monoisotopic (exact) mass is 402 g/mol. The van der Waals surface area contributed by atoms with Gasteiger partial charge in [0.1, 0.15) is 0 Å². The van der Waals surface area contributed by atoms with Crippen molar-refractivity contribution >= 4 is 0 Å². The van der Waals surface area contributed by atoms with E-state index in [0.29, 0.717) is 0 Å². The van der Waals surface area contributed by atoms with E-state index in [1.54, 1.807) is 22.3 Å². The minimum atomic E-state index is 0. The largest absolute Gasteiger partial charge is 4.00 e. The number of aryl methyl sites for hydroxylation is 2. The Morgan fingerprint density at radius 2 is 1.48 bits per heavy atom. The van der Waals surface area contributed by atoms with Crippen LogP contribution in [0.2, 0.25) is 0 Å². The Balaban J connectivity index is -0.000000349. The molecule has 0 atom stereocenters. The average molecular weight is 405 g/mol. The van der Waals surface area contributed by atoms with Gasteiger partial charge in [-0.2, -0.15) is 46.5 Å². The summed E-state index contributed by atoms with van der Waals surface area (Å²) in [5.41, 5.74) is 6.41. The SMILES string of the molecule is CCc1c[c-](CC)c(CC)c1CC.[Cl-].[Cl-].[Zr+4].c1cc[cH-]c1. The van der Waals surface area contributed by atoms with Crippen LogP contribution in [0, 0.1) is 0 Å². The molecule has 0 N–H and O–H groups in total. The third-order valence-electron chi connectivity index (χ3n) is 3.51. The van der Waals surface area contributed by atoms with E-state index < -0.39 is 0 Å². The van der Waals surface area contributed by atoms with E-state index in [2.05, 4.69) is 33.8 Å². The van der Waals surface area contributed by atoms with Crippen molar-refractivity contribution < 1.29 is 51.0 Å². The van der Waals surface area contributed by atoms with Crippen molar-refractivity contribution in [1.82, 2.24) is 0 Å². The summed E-state index contributed by atoms with van der Waals surface area (Å²) in [5, 5.41) is 0. The molecule has 2 aromatic carbocycles. The van der Waals surface area contributed by atoms with Crippen LogP contribution in [0.15, 0.2) is 36.4 Å². The van der Waals surface area contributed by atoms with Gasteiger partial charge >= 0.3 is 26.2 Å². The van der Waals surface area contributed by atoms with Crippen molar-refractivity contribution in [2.45, 2.75) is 53.4 Å². The molecule has 0 saturated heterocycles. The van der Waals surface area contributed by atoms with Crippen LogP contribution in [-0.2, 0) is 51.9 Å². The maximum Gasteiger partial charge on any atom is 4.00 e. The van der Waals surface area contributed by atoms with Gasteiger partial charge in [-0.1, -0.05) is 53.4 Å². The second kappa shape index (κ2) is 15.1. The molecule has 0 radical (unpaired) electrons. The second-order valence-corrected chi connectivity index (χ2v) is 4.53. The first kappa shape index (κ1) is 26.1. The van der Waals surface area contributed by atoms with Gasteiger partial charge in [0, 0.05) is 0 Å². The molecule has 0 spiro atoms. The summed E-state index contributed by atoms with van der Waals surface area (Å²) < 4.78 is 0. The molecule has 21 heavy (non-hydrogen) atoms. The molecule has 0 amide bonds. The van der Waals surface area contributed by atoms with Crippen molar-refractivity contribution in [3.8, 4) is 0 Å². The zero-order valence-corrected chi connectivity index (χ0v) is 17.5. The molecule has 0 nitrogen and oxygen atoms in total. The van der Waals surface area contributed by atoms with Crippen molar-refractivity contribution in [2.24, 2.45) is 0 Å². The summed E-state index contributed by atoms with van der Waals surface area (Å²) in [5.74, 6) is 0. The summed E-state index contributed by atoms with van der Waals surface area (Å²) >= 11 is 0. The van der Waals surface area contributed by atoms with Crippen LogP contribution in [0.3, 0.4) is 0 Å². The smallest absolute Gasteiger partial charge is 1.00 e. The van der Waals surface area contributed by atoms with Gasteiger partial charge in [0.2, 0.25) is 0 Å². The summed E-state index contributed by atoms with van der Waals surface area (Å²) in [6.45, 7) is 9.06. The minimum absolute atomic E-state index is 0. The summed E-state index contributed by atoms with van der Waals surface area (Å²) in [7, 11) is 0. The number of hydrogen-bond acceptors (Lipinski definition) is 0. The average Bonchev–Trinajstić information content (AvgIpc) is 3.08. The van der Waals surface area contributed by atoms with Gasteiger partial charge in [-0.05, 0) is 0 Å². The van der Waals surface area contributed by atoms with Gasteiger partial charge in [-0.3, -0.25) is 0 Å². The molecule has 2 rings (SSSR count). The molecule has 0 aliphatic carbocycles. The summed E-state index contributed by atoms with van der Waals surface area (Å²) in [6, 6.07) is 12.4. The summed E-state index contributed by atoms with van der Waals surface area (Å²) in [4.78, 5) is 0. The van der Waals surface area contributed by atoms with Crippen molar-refractivity contribution in [2.75, 3.05) is 0 Å². The Hall–Kier alpha value is 0.163. The van der Waals surface area contributed by atoms with Gasteiger partial charge in [0.05, 0.1) is 0 Å². The topological polar surface area (TPSA) is 0 Å². The van der Waals surface area contributed by atoms with E-state index in [1.165, 1.54) is 25.7 Å². The van der Waals surface area contributed by atoms with Crippen LogP contribution in [-0.4, -0.2) is 0 Å². The van der Waals surface area contributed by atoms with Crippen LogP contribution in [0.4, 0.5) is 0 Å². The number of halogens is 2. The molecule has 0 aliphatic heterocycles. The van der Waals surface area contributed by atoms with Gasteiger partial charge < -0.3 is 24.8 Å². The van der Waals surface area contributed by atoms with Crippen LogP contribution >= 0.6 is 0 Å². The van der Waals surface area contributed by atoms with Crippen LogP contribution < -0.4 is 24.8 Å². The van der Waals surface area contributed by atoms with Gasteiger partial charge in [0.15, 0.2) is 0 Å². The van der Waals surface area contributed by atoms with Gasteiger partial charge in [-0.25, -0.2) is 12.1 Å². The van der Waals surface area contributed by atoms with E-state index in [-0.39, 0.29) is 51.0 Å². The normalized spacial score (nSPS) is 8.57. The van der Waals surface area contributed by atoms with Crippen LogP contribution in [0.25, 0.3) is 0 Å². The zero-order chi connectivity index (χ0) is 13.4. The molecule has 0 aromatic heterocycles. The van der Waals surface area contributed by atoms with Crippen molar-refractivity contribution in [3.05, 3.63) is 58.7 Å². The van der Waals surface area contributed by atoms with Crippen molar-refractivity contribution in [1.29, 1.82) is 0 Å². The quantitative estimate of drug-likeness (QED) is 0.578. The van der Waals surface area contributed by atoms with E-state index in [4.69, 9.17) is 0 Å². The van der Waals surface area contributed by atoms with E-state index in [0.717, 1.165) is 0 Å². The molecule has 0 fully saturated rings. The molecule has 0 bridgehead atoms. The second-order valence-electron chi connectivity index (χ2n) is 4.53. The number of hydrogen-bond donors (Lipinski definition) is 0. The molecule has 0 saturated carbocycles. The molecule has 3 heteroatoms. The molecule has 0 unspecified atom stereocenters. The third kappa shape index (κ3) is 7.82. The molecule has 2 aromatic rings. The fraction of sp³-hybridized carbons (Fsp3) is 0.444. The fourth-order valence-corrected chi connectivity index (χ4v) is 2.60. The summed E-state index contributed by atoms with van der Waals surface area (Å²) in [6.07, 6.45) is 4.78. The Morgan fingerprint density at radius 3 is 1.76 bits per heavy atom. The predicted molar refractivity (Wildman–Crippen MR) is 81.6 cm³/mol. The first-order chi connectivity index (χ1) is 8.78. The van der Waals surface area contributed by atoms with Crippen LogP contribution in [0.1, 0.15) is 49.9 Å². The maximum absolute atomic E-state index is 2.41. The zero-order valence-electron chi connectivity index (χ0n) is 13.5. The van der Waals surface area contributed by atoms with Crippen LogP contribution in [0.5, 0.6) is 0 Å². The molecule has 116 valence electrons. The Morgan fingerprint density at radius 1 is 0.905 bits per heavy atom.